The van der Waals surface area contributed by atoms with Crippen molar-refractivity contribution < 1.29 is 13.6 Å². The summed E-state index contributed by atoms with van der Waals surface area (Å²) >= 11 is 0. The Balaban J connectivity index is 1.89. The van der Waals surface area contributed by atoms with Crippen molar-refractivity contribution in [1.29, 1.82) is 0 Å². The fraction of sp³-hybridized carbons (Fsp3) is 0.462. The number of rotatable bonds is 3. The summed E-state index contributed by atoms with van der Waals surface area (Å²) in [5, 5.41) is 2.61. The van der Waals surface area contributed by atoms with E-state index in [9.17, 15) is 13.6 Å². The molecule has 0 saturated carbocycles. The Morgan fingerprint density at radius 1 is 1.56 bits per heavy atom. The molecule has 1 N–H and O–H groups in total. The van der Waals surface area contributed by atoms with E-state index in [0.717, 1.165) is 0 Å². The smallest absolute Gasteiger partial charge is 0.238 e. The molecule has 1 unspecified atom stereocenters. The first-order chi connectivity index (χ1) is 8.54. The predicted octanol–water partition coefficient (Wildman–Crippen LogP) is 2.12. The number of carbonyl (C=O) groups excluding carboxylic acids is 1. The highest BCUT2D eigenvalue weighted by atomic mass is 19.1. The molecule has 0 aliphatic carbocycles. The monoisotopic (exact) mass is 254 g/mol. The van der Waals surface area contributed by atoms with Crippen LogP contribution >= 0.6 is 0 Å². The molecule has 1 aliphatic rings. The van der Waals surface area contributed by atoms with Crippen LogP contribution in [0.15, 0.2) is 18.2 Å². The lowest BCUT2D eigenvalue weighted by molar-refractivity contribution is -0.117. The first-order valence-electron chi connectivity index (χ1n) is 5.97. The number of likely N-dealkylation sites (tertiary alicyclic amines) is 1. The molecule has 1 aromatic rings. The number of nitrogens with one attached hydrogen (secondary N) is 1. The van der Waals surface area contributed by atoms with Gasteiger partial charge in [-0.2, -0.15) is 0 Å². The predicted molar refractivity (Wildman–Crippen MR) is 65.7 cm³/mol. The van der Waals surface area contributed by atoms with Crippen LogP contribution in [0, 0.1) is 12.7 Å². The number of aryl methyl sites for hydroxylation is 1. The molecule has 2 rings (SSSR count). The summed E-state index contributed by atoms with van der Waals surface area (Å²) in [4.78, 5) is 13.4. The van der Waals surface area contributed by atoms with E-state index in [4.69, 9.17) is 0 Å². The van der Waals surface area contributed by atoms with Gasteiger partial charge in [0.25, 0.3) is 0 Å². The van der Waals surface area contributed by atoms with Gasteiger partial charge in [0.05, 0.1) is 6.54 Å². The van der Waals surface area contributed by atoms with E-state index in [1.807, 2.05) is 0 Å². The number of nitrogens with zero attached hydrogens (tertiary/aromatic N) is 1. The molecular weight excluding hydrogens is 238 g/mol. The van der Waals surface area contributed by atoms with E-state index in [1.165, 1.54) is 6.07 Å². The minimum absolute atomic E-state index is 0.149. The van der Waals surface area contributed by atoms with Crippen molar-refractivity contribution in [1.82, 2.24) is 4.90 Å². The second-order valence-corrected chi connectivity index (χ2v) is 4.63. The lowest BCUT2D eigenvalue weighted by Gasteiger charge is -2.14. The van der Waals surface area contributed by atoms with Gasteiger partial charge in [0, 0.05) is 18.8 Å². The van der Waals surface area contributed by atoms with Gasteiger partial charge in [0.2, 0.25) is 5.91 Å². The Kier molecular flexibility index (Phi) is 3.91. The zero-order valence-electron chi connectivity index (χ0n) is 10.2. The molecule has 3 nitrogen and oxygen atoms in total. The number of carbonyl (C=O) groups is 1. The van der Waals surface area contributed by atoms with E-state index in [2.05, 4.69) is 5.32 Å². The van der Waals surface area contributed by atoms with Crippen molar-refractivity contribution in [3.8, 4) is 0 Å². The summed E-state index contributed by atoms with van der Waals surface area (Å²) in [7, 11) is 0. The van der Waals surface area contributed by atoms with Crippen molar-refractivity contribution in [2.24, 2.45) is 0 Å². The van der Waals surface area contributed by atoms with Crippen molar-refractivity contribution in [2.45, 2.75) is 19.5 Å². The average molecular weight is 254 g/mol. The third-order valence-corrected chi connectivity index (χ3v) is 3.04. The highest BCUT2D eigenvalue weighted by Gasteiger charge is 2.23. The minimum Gasteiger partial charge on any atom is -0.325 e. The molecule has 0 bridgehead atoms. The highest BCUT2D eigenvalue weighted by molar-refractivity contribution is 5.92. The zero-order valence-corrected chi connectivity index (χ0v) is 10.2. The van der Waals surface area contributed by atoms with E-state index in [-0.39, 0.29) is 18.3 Å². The Morgan fingerprint density at radius 2 is 2.33 bits per heavy atom. The normalized spacial score (nSPS) is 20.1. The van der Waals surface area contributed by atoms with Gasteiger partial charge < -0.3 is 5.32 Å². The van der Waals surface area contributed by atoms with Crippen molar-refractivity contribution in [3.63, 3.8) is 0 Å². The van der Waals surface area contributed by atoms with E-state index in [1.54, 1.807) is 24.0 Å². The molecule has 1 aliphatic heterocycles. The Bertz CT molecular complexity index is 451. The number of hydrogen-bond donors (Lipinski definition) is 1. The summed E-state index contributed by atoms with van der Waals surface area (Å²) in [6, 6.07) is 4.55. The zero-order chi connectivity index (χ0) is 13.1. The van der Waals surface area contributed by atoms with Crippen LogP contribution < -0.4 is 5.32 Å². The Labute approximate surface area is 105 Å². The Morgan fingerprint density at radius 3 is 2.94 bits per heavy atom. The molecule has 5 heteroatoms. The van der Waals surface area contributed by atoms with Crippen LogP contribution in [0.2, 0.25) is 0 Å². The van der Waals surface area contributed by atoms with Gasteiger partial charge in [0.15, 0.2) is 0 Å². The largest absolute Gasteiger partial charge is 0.325 e. The summed E-state index contributed by atoms with van der Waals surface area (Å²) in [5.41, 5.74) is 0.965. The molecular formula is C13H16F2N2O. The summed E-state index contributed by atoms with van der Waals surface area (Å²) in [6.45, 7) is 2.70. The average Bonchev–Trinajstić information content (AvgIpc) is 2.69. The Hall–Kier alpha value is -1.49. The molecule has 1 atom stereocenters. The second kappa shape index (κ2) is 5.44. The van der Waals surface area contributed by atoms with Crippen LogP contribution in [0.3, 0.4) is 0 Å². The van der Waals surface area contributed by atoms with Gasteiger partial charge in [-0.1, -0.05) is 6.07 Å². The molecule has 1 fully saturated rings. The first-order valence-corrected chi connectivity index (χ1v) is 5.97. The van der Waals surface area contributed by atoms with Gasteiger partial charge in [-0.25, -0.2) is 8.78 Å². The van der Waals surface area contributed by atoms with Crippen LogP contribution in [0.1, 0.15) is 12.0 Å². The number of anilines is 1. The molecule has 1 saturated heterocycles. The number of halogens is 2. The topological polar surface area (TPSA) is 32.3 Å². The second-order valence-electron chi connectivity index (χ2n) is 4.63. The minimum atomic E-state index is -0.838. The molecule has 1 aromatic carbocycles. The van der Waals surface area contributed by atoms with E-state index >= 15 is 0 Å². The molecule has 18 heavy (non-hydrogen) atoms. The molecule has 0 radical (unpaired) electrons. The van der Waals surface area contributed by atoms with E-state index < -0.39 is 6.17 Å². The maximum Gasteiger partial charge on any atom is 0.238 e. The number of amides is 1. The molecule has 1 amide bonds. The molecule has 0 spiro atoms. The first kappa shape index (κ1) is 13.0. The number of benzene rings is 1. The van der Waals surface area contributed by atoms with Gasteiger partial charge >= 0.3 is 0 Å². The fourth-order valence-electron chi connectivity index (χ4n) is 2.00. The SMILES string of the molecule is Cc1ccc(NC(=O)CN2CCC(F)C2)cc1F. The fourth-order valence-corrected chi connectivity index (χ4v) is 2.00. The van der Waals surface area contributed by atoms with Crippen LogP contribution in [0.5, 0.6) is 0 Å². The number of alkyl halides is 1. The third-order valence-electron chi connectivity index (χ3n) is 3.04. The van der Waals surface area contributed by atoms with Crippen molar-refractivity contribution in [2.75, 3.05) is 25.0 Å². The lowest BCUT2D eigenvalue weighted by atomic mass is 10.2. The lowest BCUT2D eigenvalue weighted by Crippen LogP contribution is -2.31. The van der Waals surface area contributed by atoms with Crippen molar-refractivity contribution >= 4 is 11.6 Å². The van der Waals surface area contributed by atoms with Crippen LogP contribution in [0.4, 0.5) is 14.5 Å². The molecule has 0 aromatic heterocycles. The summed E-state index contributed by atoms with van der Waals surface area (Å²) in [5.74, 6) is -0.592. The summed E-state index contributed by atoms with van der Waals surface area (Å²) < 4.78 is 26.2. The van der Waals surface area contributed by atoms with E-state index in [0.29, 0.717) is 30.8 Å². The van der Waals surface area contributed by atoms with Crippen LogP contribution in [0.25, 0.3) is 0 Å². The van der Waals surface area contributed by atoms with Gasteiger partial charge in [0.1, 0.15) is 12.0 Å². The van der Waals surface area contributed by atoms with Gasteiger partial charge in [-0.05, 0) is 31.0 Å². The van der Waals surface area contributed by atoms with Crippen molar-refractivity contribution in [3.05, 3.63) is 29.6 Å². The molecule has 98 valence electrons. The van der Waals surface area contributed by atoms with Gasteiger partial charge in [-0.3, -0.25) is 9.69 Å². The van der Waals surface area contributed by atoms with Crippen LogP contribution in [-0.2, 0) is 4.79 Å². The van der Waals surface area contributed by atoms with Gasteiger partial charge in [-0.15, -0.1) is 0 Å². The maximum absolute atomic E-state index is 13.3. The quantitative estimate of drug-likeness (QED) is 0.896. The molecule has 1 heterocycles. The maximum atomic E-state index is 13.3. The third kappa shape index (κ3) is 3.26. The number of hydrogen-bond acceptors (Lipinski definition) is 2. The summed E-state index contributed by atoms with van der Waals surface area (Å²) in [6.07, 6.45) is -0.360. The van der Waals surface area contributed by atoms with Crippen LogP contribution in [-0.4, -0.2) is 36.6 Å². The standard InChI is InChI=1S/C13H16F2N2O/c1-9-2-3-11(6-12(9)15)16-13(18)8-17-5-4-10(14)7-17/h2-3,6,10H,4-5,7-8H2,1H3,(H,16,18). The highest BCUT2D eigenvalue weighted by Crippen LogP contribution is 2.15.